The number of aromatic nitrogens is 2. The highest BCUT2D eigenvalue weighted by Gasteiger charge is 2.39. The third-order valence-corrected chi connectivity index (χ3v) is 4.85. The van der Waals surface area contributed by atoms with Gasteiger partial charge in [-0.25, -0.2) is 9.97 Å². The number of fused-ring (bicyclic) bond motifs is 2. The van der Waals surface area contributed by atoms with Gasteiger partial charge in [0.05, 0.1) is 12.4 Å². The largest absolute Gasteiger partial charge is 0.369 e. The Balaban J connectivity index is 1.48. The van der Waals surface area contributed by atoms with Crippen LogP contribution < -0.4 is 10.6 Å². The third kappa shape index (κ3) is 3.34. The van der Waals surface area contributed by atoms with Gasteiger partial charge in [-0.15, -0.1) is 0 Å². The zero-order valence-electron chi connectivity index (χ0n) is 12.6. The number of carbonyl (C=O) groups is 1. The van der Waals surface area contributed by atoms with Crippen LogP contribution in [0.2, 0.25) is 0 Å². The minimum Gasteiger partial charge on any atom is -0.369 e. The van der Waals surface area contributed by atoms with E-state index in [1.807, 2.05) is 0 Å². The SMILES string of the molecule is CCCNc1cnc(C(=O)NCC2CC3CCC2C3)cn1. The van der Waals surface area contributed by atoms with E-state index in [-0.39, 0.29) is 5.91 Å². The molecule has 3 rings (SSSR count). The van der Waals surface area contributed by atoms with Gasteiger partial charge in [0.15, 0.2) is 0 Å². The lowest BCUT2D eigenvalue weighted by Gasteiger charge is -2.21. The molecule has 2 bridgehead atoms. The Morgan fingerprint density at radius 1 is 1.29 bits per heavy atom. The Bertz CT molecular complexity index is 488. The molecule has 1 aromatic heterocycles. The monoisotopic (exact) mass is 288 g/mol. The Morgan fingerprint density at radius 3 is 2.81 bits per heavy atom. The molecule has 2 aliphatic rings. The average Bonchev–Trinajstić information content (AvgIpc) is 3.14. The summed E-state index contributed by atoms with van der Waals surface area (Å²) in [7, 11) is 0. The van der Waals surface area contributed by atoms with Gasteiger partial charge < -0.3 is 10.6 Å². The maximum atomic E-state index is 12.1. The Kier molecular flexibility index (Phi) is 4.36. The number of amides is 1. The number of carbonyl (C=O) groups excluding carboxylic acids is 1. The Morgan fingerprint density at radius 2 is 2.19 bits per heavy atom. The maximum Gasteiger partial charge on any atom is 0.271 e. The lowest BCUT2D eigenvalue weighted by molar-refractivity contribution is 0.0936. The molecule has 2 aliphatic carbocycles. The van der Waals surface area contributed by atoms with Crippen molar-refractivity contribution < 1.29 is 4.79 Å². The minimum atomic E-state index is -0.104. The van der Waals surface area contributed by atoms with Crippen LogP contribution in [0.3, 0.4) is 0 Å². The third-order valence-electron chi connectivity index (χ3n) is 4.85. The predicted octanol–water partition coefficient (Wildman–Crippen LogP) is 2.46. The van der Waals surface area contributed by atoms with E-state index < -0.39 is 0 Å². The molecule has 0 saturated heterocycles. The number of anilines is 1. The Hall–Kier alpha value is -1.65. The number of hydrogen-bond donors (Lipinski definition) is 2. The molecule has 2 saturated carbocycles. The summed E-state index contributed by atoms with van der Waals surface area (Å²) in [6.45, 7) is 3.75. The average molecular weight is 288 g/mol. The molecule has 3 unspecified atom stereocenters. The van der Waals surface area contributed by atoms with Gasteiger partial charge in [-0.05, 0) is 43.4 Å². The van der Waals surface area contributed by atoms with Crippen molar-refractivity contribution >= 4 is 11.7 Å². The van der Waals surface area contributed by atoms with Crippen molar-refractivity contribution in [3.05, 3.63) is 18.1 Å². The van der Waals surface area contributed by atoms with Crippen LogP contribution >= 0.6 is 0 Å². The molecule has 2 N–H and O–H groups in total. The van der Waals surface area contributed by atoms with Gasteiger partial charge in [-0.2, -0.15) is 0 Å². The topological polar surface area (TPSA) is 66.9 Å². The quantitative estimate of drug-likeness (QED) is 0.844. The zero-order chi connectivity index (χ0) is 14.7. The van der Waals surface area contributed by atoms with Crippen molar-refractivity contribution in [2.45, 2.75) is 39.0 Å². The van der Waals surface area contributed by atoms with E-state index in [0.29, 0.717) is 11.6 Å². The summed E-state index contributed by atoms with van der Waals surface area (Å²) in [5.74, 6) is 3.04. The van der Waals surface area contributed by atoms with Crippen LogP contribution in [-0.4, -0.2) is 29.0 Å². The molecule has 1 amide bonds. The number of hydrogen-bond acceptors (Lipinski definition) is 4. The normalized spacial score (nSPS) is 26.8. The van der Waals surface area contributed by atoms with E-state index in [1.165, 1.54) is 25.7 Å². The molecule has 5 heteroatoms. The van der Waals surface area contributed by atoms with Crippen LogP contribution in [0.25, 0.3) is 0 Å². The van der Waals surface area contributed by atoms with Gasteiger partial charge in [0.2, 0.25) is 0 Å². The lowest BCUT2D eigenvalue weighted by Crippen LogP contribution is -2.32. The van der Waals surface area contributed by atoms with E-state index in [0.717, 1.165) is 37.2 Å². The van der Waals surface area contributed by atoms with Crippen LogP contribution in [0.15, 0.2) is 12.4 Å². The molecule has 0 aliphatic heterocycles. The lowest BCUT2D eigenvalue weighted by atomic mass is 9.89. The first kappa shape index (κ1) is 14.3. The first-order valence-electron chi connectivity index (χ1n) is 8.10. The van der Waals surface area contributed by atoms with E-state index in [4.69, 9.17) is 0 Å². The molecule has 5 nitrogen and oxygen atoms in total. The number of nitrogens with one attached hydrogen (secondary N) is 2. The summed E-state index contributed by atoms with van der Waals surface area (Å²) >= 11 is 0. The summed E-state index contributed by atoms with van der Waals surface area (Å²) in [6, 6.07) is 0. The second kappa shape index (κ2) is 6.41. The van der Waals surface area contributed by atoms with Crippen molar-refractivity contribution in [1.29, 1.82) is 0 Å². The standard InChI is InChI=1S/C16H24N4O/c1-2-5-17-15-10-18-14(9-19-15)16(21)20-8-13-7-11-3-4-12(13)6-11/h9-13H,2-8H2,1H3,(H,17,19)(H,20,21). The van der Waals surface area contributed by atoms with Crippen molar-refractivity contribution in [2.75, 3.05) is 18.4 Å². The fraction of sp³-hybridized carbons (Fsp3) is 0.688. The highest BCUT2D eigenvalue weighted by Crippen LogP contribution is 2.47. The summed E-state index contributed by atoms with van der Waals surface area (Å²) < 4.78 is 0. The first-order chi connectivity index (χ1) is 10.3. The molecular formula is C16H24N4O. The first-order valence-corrected chi connectivity index (χ1v) is 8.10. The molecule has 1 aromatic rings. The highest BCUT2D eigenvalue weighted by atomic mass is 16.1. The molecular weight excluding hydrogens is 264 g/mol. The smallest absolute Gasteiger partial charge is 0.271 e. The summed E-state index contributed by atoms with van der Waals surface area (Å²) in [5.41, 5.74) is 0.403. The van der Waals surface area contributed by atoms with Crippen molar-refractivity contribution in [3.8, 4) is 0 Å². The van der Waals surface area contributed by atoms with Crippen molar-refractivity contribution in [2.24, 2.45) is 17.8 Å². The molecule has 2 fully saturated rings. The number of nitrogens with zero attached hydrogens (tertiary/aromatic N) is 2. The molecule has 3 atom stereocenters. The highest BCUT2D eigenvalue weighted by molar-refractivity contribution is 5.92. The van der Waals surface area contributed by atoms with Crippen LogP contribution in [0.4, 0.5) is 5.82 Å². The zero-order valence-corrected chi connectivity index (χ0v) is 12.6. The second-order valence-corrected chi connectivity index (χ2v) is 6.36. The summed E-state index contributed by atoms with van der Waals surface area (Å²) in [5, 5.41) is 6.18. The van der Waals surface area contributed by atoms with E-state index in [1.54, 1.807) is 12.4 Å². The van der Waals surface area contributed by atoms with E-state index >= 15 is 0 Å². The van der Waals surface area contributed by atoms with Crippen LogP contribution in [0.5, 0.6) is 0 Å². The van der Waals surface area contributed by atoms with Crippen molar-refractivity contribution in [3.63, 3.8) is 0 Å². The molecule has 0 radical (unpaired) electrons. The van der Waals surface area contributed by atoms with Gasteiger partial charge in [0.25, 0.3) is 5.91 Å². The second-order valence-electron chi connectivity index (χ2n) is 6.36. The fourth-order valence-electron chi connectivity index (χ4n) is 3.73. The molecule has 114 valence electrons. The van der Waals surface area contributed by atoms with Gasteiger partial charge in [0, 0.05) is 13.1 Å². The fourth-order valence-corrected chi connectivity index (χ4v) is 3.73. The Labute approximate surface area is 125 Å². The van der Waals surface area contributed by atoms with Gasteiger partial charge in [0.1, 0.15) is 11.5 Å². The molecule has 0 spiro atoms. The van der Waals surface area contributed by atoms with E-state index in [9.17, 15) is 4.79 Å². The molecule has 21 heavy (non-hydrogen) atoms. The summed E-state index contributed by atoms with van der Waals surface area (Å²) in [4.78, 5) is 20.5. The van der Waals surface area contributed by atoms with Gasteiger partial charge in [-0.3, -0.25) is 4.79 Å². The van der Waals surface area contributed by atoms with Gasteiger partial charge in [-0.1, -0.05) is 13.3 Å². The molecule has 1 heterocycles. The van der Waals surface area contributed by atoms with E-state index in [2.05, 4.69) is 27.5 Å². The predicted molar refractivity (Wildman–Crippen MR) is 82.1 cm³/mol. The minimum absolute atomic E-state index is 0.104. The van der Waals surface area contributed by atoms with Crippen molar-refractivity contribution in [1.82, 2.24) is 15.3 Å². The molecule has 0 aromatic carbocycles. The maximum absolute atomic E-state index is 12.1. The van der Waals surface area contributed by atoms with Crippen LogP contribution in [-0.2, 0) is 0 Å². The van der Waals surface area contributed by atoms with Gasteiger partial charge >= 0.3 is 0 Å². The number of rotatable bonds is 6. The summed E-state index contributed by atoms with van der Waals surface area (Å²) in [6.07, 6.45) is 9.62. The van der Waals surface area contributed by atoms with Crippen LogP contribution in [0.1, 0.15) is 49.5 Å². The van der Waals surface area contributed by atoms with Crippen LogP contribution in [0, 0.1) is 17.8 Å².